The fourth-order valence-corrected chi connectivity index (χ4v) is 7.47. The van der Waals surface area contributed by atoms with Crippen molar-refractivity contribution in [2.75, 3.05) is 0 Å². The lowest BCUT2D eigenvalue weighted by molar-refractivity contribution is 0.184. The number of nitrogens with one attached hydrogen (secondary N) is 2. The molecule has 2 aliphatic rings. The molecule has 5 heteroatoms. The highest BCUT2D eigenvalue weighted by Gasteiger charge is 2.27. The van der Waals surface area contributed by atoms with Crippen LogP contribution in [-0.2, 0) is 19.3 Å². The van der Waals surface area contributed by atoms with Gasteiger partial charge in [-0.25, -0.2) is 0 Å². The molecule has 0 fully saturated rings. The molecule has 5 heterocycles. The lowest BCUT2D eigenvalue weighted by atomic mass is 9.99. The van der Waals surface area contributed by atoms with E-state index in [4.69, 9.17) is 9.97 Å². The predicted molar refractivity (Wildman–Crippen MR) is 199 cm³/mol. The van der Waals surface area contributed by atoms with Gasteiger partial charge in [-0.3, -0.25) is 9.97 Å². The van der Waals surface area contributed by atoms with Crippen LogP contribution in [0.5, 0.6) is 0 Å². The van der Waals surface area contributed by atoms with Crippen LogP contribution in [0.4, 0.5) is 0 Å². The van der Waals surface area contributed by atoms with E-state index in [1.807, 2.05) is 30.3 Å². The van der Waals surface area contributed by atoms with Crippen molar-refractivity contribution >= 4 is 22.1 Å². The number of aliphatic hydroxyl groups excluding tert-OH is 1. The van der Waals surface area contributed by atoms with Crippen LogP contribution in [0, 0.1) is 0 Å². The minimum Gasteiger partial charge on any atom is -0.386 e. The third kappa shape index (κ3) is 5.25. The van der Waals surface area contributed by atoms with Crippen LogP contribution in [0.2, 0.25) is 0 Å². The van der Waals surface area contributed by atoms with Crippen LogP contribution in [-0.4, -0.2) is 25.0 Å². The molecule has 0 spiro atoms. The van der Waals surface area contributed by atoms with Crippen LogP contribution in [0.1, 0.15) is 28.9 Å². The van der Waals surface area contributed by atoms with Crippen molar-refractivity contribution in [1.82, 2.24) is 19.9 Å². The number of aromatic nitrogens is 4. The lowest BCUT2D eigenvalue weighted by Crippen LogP contribution is -1.97. The summed E-state index contributed by atoms with van der Waals surface area (Å²) in [5, 5.41) is 11.8. The Labute approximate surface area is 284 Å². The van der Waals surface area contributed by atoms with Crippen molar-refractivity contribution in [2.24, 2.45) is 0 Å². The Morgan fingerprint density at radius 1 is 0.408 bits per heavy atom. The Morgan fingerprint density at radius 3 is 1.16 bits per heavy atom. The van der Waals surface area contributed by atoms with Crippen LogP contribution >= 0.6 is 0 Å². The Hall–Kier alpha value is -6.04. The van der Waals surface area contributed by atoms with Gasteiger partial charge in [0.1, 0.15) is 6.10 Å². The summed E-state index contributed by atoms with van der Waals surface area (Å²) in [7, 11) is 0. The molecule has 0 saturated carbocycles. The van der Waals surface area contributed by atoms with Gasteiger partial charge in [-0.15, -0.1) is 0 Å². The molecule has 236 valence electrons. The standard InChI is InChI=1S/C44H34N4O/c49-39-27-38-42(30-17-9-3-10-18-30)36-24-23-34(46-36)40(28-13-5-1-6-14-28)32-21-22-33(45-32)41(29-15-7-2-8-16-29)35-25-26-37(47-35)43(44(39)48-38)31-19-11-4-12-20-31/h1-20,23-26,39,46-47,49H,21-22,27H2. The molecule has 4 aromatic carbocycles. The topological polar surface area (TPSA) is 77.6 Å². The molecule has 3 aromatic heterocycles. The highest BCUT2D eigenvalue weighted by molar-refractivity contribution is 5.92. The van der Waals surface area contributed by atoms with Crippen LogP contribution in [0.3, 0.4) is 0 Å². The molecule has 0 radical (unpaired) electrons. The second-order valence-corrected chi connectivity index (χ2v) is 12.7. The highest BCUT2D eigenvalue weighted by Crippen LogP contribution is 2.40. The summed E-state index contributed by atoms with van der Waals surface area (Å²) in [5.74, 6) is 0. The molecule has 3 N–H and O–H groups in total. The maximum Gasteiger partial charge on any atom is 0.102 e. The van der Waals surface area contributed by atoms with Gasteiger partial charge in [-0.05, 0) is 59.4 Å². The SMILES string of the molecule is OC1Cc2nc1c(-c1ccccc1)c1ccc([nH]1)c(-c1ccccc1)c1nc(c(-c3ccccc3)c3ccc([nH]3)c2-c2ccccc2)CC1. The van der Waals surface area contributed by atoms with Crippen LogP contribution in [0.25, 0.3) is 66.6 Å². The molecule has 9 rings (SSSR count). The van der Waals surface area contributed by atoms with Crippen molar-refractivity contribution < 1.29 is 5.11 Å². The maximum atomic E-state index is 11.8. The van der Waals surface area contributed by atoms with Gasteiger partial charge in [0.15, 0.2) is 0 Å². The number of aryl methyl sites for hydroxylation is 2. The summed E-state index contributed by atoms with van der Waals surface area (Å²) in [4.78, 5) is 18.3. The molecule has 0 saturated heterocycles. The lowest BCUT2D eigenvalue weighted by Gasteiger charge is -2.08. The number of H-pyrrole nitrogens is 2. The summed E-state index contributed by atoms with van der Waals surface area (Å²) in [6, 6.07) is 50.3. The Morgan fingerprint density at radius 2 is 0.755 bits per heavy atom. The van der Waals surface area contributed by atoms with Gasteiger partial charge in [-0.2, -0.15) is 0 Å². The number of rotatable bonds is 4. The van der Waals surface area contributed by atoms with E-state index in [1.54, 1.807) is 0 Å². The van der Waals surface area contributed by atoms with Crippen molar-refractivity contribution in [3.63, 3.8) is 0 Å². The smallest absolute Gasteiger partial charge is 0.102 e. The molecule has 1 atom stereocenters. The van der Waals surface area contributed by atoms with Crippen molar-refractivity contribution in [1.29, 1.82) is 0 Å². The summed E-state index contributed by atoms with van der Waals surface area (Å²) < 4.78 is 0. The van der Waals surface area contributed by atoms with Gasteiger partial charge < -0.3 is 15.1 Å². The third-order valence-electron chi connectivity index (χ3n) is 9.65. The molecule has 2 aliphatic heterocycles. The average molecular weight is 635 g/mol. The second kappa shape index (κ2) is 12.2. The molecule has 49 heavy (non-hydrogen) atoms. The number of aliphatic hydroxyl groups is 1. The largest absolute Gasteiger partial charge is 0.386 e. The summed E-state index contributed by atoms with van der Waals surface area (Å²) in [6.07, 6.45) is 1.27. The minimum atomic E-state index is -0.777. The first kappa shape index (κ1) is 29.1. The van der Waals surface area contributed by atoms with E-state index in [1.165, 1.54) is 0 Å². The number of hydrogen-bond acceptors (Lipinski definition) is 3. The first-order valence-electron chi connectivity index (χ1n) is 16.9. The summed E-state index contributed by atoms with van der Waals surface area (Å²) in [5.41, 5.74) is 15.8. The molecule has 7 aromatic rings. The monoisotopic (exact) mass is 634 g/mol. The Bertz CT molecular complexity index is 2470. The number of aromatic amines is 2. The molecule has 0 aliphatic carbocycles. The van der Waals surface area contributed by atoms with Gasteiger partial charge in [-0.1, -0.05) is 121 Å². The van der Waals surface area contributed by atoms with Gasteiger partial charge in [0.05, 0.1) is 22.8 Å². The van der Waals surface area contributed by atoms with Crippen LogP contribution in [0.15, 0.2) is 146 Å². The third-order valence-corrected chi connectivity index (χ3v) is 9.65. The molecule has 8 bridgehead atoms. The van der Waals surface area contributed by atoms with Crippen molar-refractivity contribution in [3.05, 3.63) is 168 Å². The number of hydrogen-bond donors (Lipinski definition) is 3. The molecule has 5 nitrogen and oxygen atoms in total. The Balaban J connectivity index is 1.49. The molecule has 0 amide bonds. The number of benzene rings is 4. The second-order valence-electron chi connectivity index (χ2n) is 12.7. The quantitative estimate of drug-likeness (QED) is 0.180. The van der Waals surface area contributed by atoms with Gasteiger partial charge in [0.2, 0.25) is 0 Å². The molecular formula is C44H34N4O. The van der Waals surface area contributed by atoms with E-state index < -0.39 is 6.10 Å². The minimum absolute atomic E-state index is 0.402. The van der Waals surface area contributed by atoms with E-state index in [2.05, 4.69) is 125 Å². The van der Waals surface area contributed by atoms with E-state index in [-0.39, 0.29) is 0 Å². The number of fused-ring (bicyclic) bond motifs is 8. The normalized spacial score (nSPS) is 14.2. The van der Waals surface area contributed by atoms with Gasteiger partial charge in [0.25, 0.3) is 0 Å². The fraction of sp³-hybridized carbons (Fsp3) is 0.0909. The summed E-state index contributed by atoms with van der Waals surface area (Å²) in [6.45, 7) is 0. The van der Waals surface area contributed by atoms with Gasteiger partial charge >= 0.3 is 0 Å². The van der Waals surface area contributed by atoms with E-state index >= 15 is 0 Å². The number of nitrogens with zero attached hydrogens (tertiary/aromatic N) is 2. The zero-order valence-corrected chi connectivity index (χ0v) is 26.9. The molecule has 1 unspecified atom stereocenters. The first-order chi connectivity index (χ1) is 24.2. The first-order valence-corrected chi connectivity index (χ1v) is 16.9. The van der Waals surface area contributed by atoms with E-state index in [9.17, 15) is 5.11 Å². The zero-order chi connectivity index (χ0) is 32.7. The highest BCUT2D eigenvalue weighted by atomic mass is 16.3. The Kier molecular flexibility index (Phi) is 7.25. The van der Waals surface area contributed by atoms with E-state index in [0.717, 1.165) is 96.5 Å². The van der Waals surface area contributed by atoms with Gasteiger partial charge in [0, 0.05) is 50.7 Å². The fourth-order valence-electron chi connectivity index (χ4n) is 7.47. The zero-order valence-electron chi connectivity index (χ0n) is 26.9. The van der Waals surface area contributed by atoms with Crippen LogP contribution < -0.4 is 0 Å². The van der Waals surface area contributed by atoms with E-state index in [0.29, 0.717) is 12.1 Å². The van der Waals surface area contributed by atoms with Crippen molar-refractivity contribution in [2.45, 2.75) is 25.4 Å². The average Bonchev–Trinajstić information content (AvgIpc) is 3.98. The van der Waals surface area contributed by atoms with Crippen molar-refractivity contribution in [3.8, 4) is 44.5 Å². The summed E-state index contributed by atoms with van der Waals surface area (Å²) >= 11 is 0. The molecular weight excluding hydrogens is 601 g/mol. The maximum absolute atomic E-state index is 11.8. The predicted octanol–water partition coefficient (Wildman–Crippen LogP) is 10.0.